The molecule has 0 bridgehead atoms. The molecular weight excluding hydrogens is 432 g/mol. The van der Waals surface area contributed by atoms with Crippen LogP contribution in [-0.4, -0.2) is 54.7 Å². The molecule has 176 valence electrons. The third kappa shape index (κ3) is 3.91. The Morgan fingerprint density at radius 3 is 2.24 bits per heavy atom. The van der Waals surface area contributed by atoms with E-state index in [9.17, 15) is 14.4 Å². The molecule has 0 N–H and O–H groups in total. The zero-order valence-corrected chi connectivity index (χ0v) is 19.9. The first kappa shape index (κ1) is 23.4. The number of nitrogens with zero attached hydrogens (tertiary/aromatic N) is 2. The van der Waals surface area contributed by atoms with E-state index in [1.54, 1.807) is 31.5 Å². The van der Waals surface area contributed by atoms with Crippen molar-refractivity contribution in [3.63, 3.8) is 0 Å². The first-order valence-corrected chi connectivity index (χ1v) is 11.4. The van der Waals surface area contributed by atoms with Gasteiger partial charge in [0, 0.05) is 47.8 Å². The third-order valence-electron chi connectivity index (χ3n) is 6.53. The number of pyridine rings is 1. The highest BCUT2D eigenvalue weighted by atomic mass is 16.5. The van der Waals surface area contributed by atoms with Crippen LogP contribution in [0, 0.1) is 6.92 Å². The van der Waals surface area contributed by atoms with Gasteiger partial charge < -0.3 is 14.4 Å². The Morgan fingerprint density at radius 1 is 0.941 bits per heavy atom. The first-order chi connectivity index (χ1) is 16.4. The molecule has 0 radical (unpaired) electrons. The Labute approximate surface area is 199 Å². The highest BCUT2D eigenvalue weighted by molar-refractivity contribution is 6.38. The van der Waals surface area contributed by atoms with Crippen LogP contribution in [0.4, 0.5) is 0 Å². The molecule has 1 amide bonds. The molecule has 0 atom stereocenters. The number of ether oxygens (including phenoxy) is 2. The second-order valence-electron chi connectivity index (χ2n) is 8.48. The van der Waals surface area contributed by atoms with E-state index in [1.165, 1.54) is 14.2 Å². The minimum atomic E-state index is -0.424. The fraction of sp³-hybridized carbons (Fsp3) is 0.333. The number of carbonyl (C=O) groups excluding carboxylic acids is 3. The molecule has 0 unspecified atom stereocenters. The summed E-state index contributed by atoms with van der Waals surface area (Å²) in [5, 5.41) is 0. The molecule has 1 aromatic carbocycles. The fourth-order valence-corrected chi connectivity index (χ4v) is 4.78. The minimum Gasteiger partial charge on any atom is -0.489 e. The second-order valence-corrected chi connectivity index (χ2v) is 8.48. The first-order valence-electron chi connectivity index (χ1n) is 11.4. The van der Waals surface area contributed by atoms with Gasteiger partial charge in [-0.25, -0.2) is 0 Å². The number of rotatable bonds is 5. The smallest absolute Gasteiger partial charge is 0.254 e. The van der Waals surface area contributed by atoms with E-state index in [2.05, 4.69) is 4.98 Å². The molecule has 2 heterocycles. The molecule has 0 saturated carbocycles. The maximum atomic E-state index is 13.5. The molecular formula is C27H28N2O5. The van der Waals surface area contributed by atoms with Gasteiger partial charge in [0.15, 0.2) is 0 Å². The number of benzene rings is 1. The van der Waals surface area contributed by atoms with Crippen molar-refractivity contribution in [2.24, 2.45) is 0 Å². The largest absolute Gasteiger partial charge is 0.489 e. The number of likely N-dealkylation sites (tertiary alicyclic amines) is 1. The van der Waals surface area contributed by atoms with Crippen molar-refractivity contribution in [1.29, 1.82) is 0 Å². The molecule has 1 aliphatic heterocycles. The summed E-state index contributed by atoms with van der Waals surface area (Å²) in [6, 6.07) is 7.21. The Morgan fingerprint density at radius 2 is 1.62 bits per heavy atom. The monoisotopic (exact) mass is 460 g/mol. The molecule has 7 heteroatoms. The van der Waals surface area contributed by atoms with Gasteiger partial charge in [-0.05, 0) is 61.9 Å². The quantitative estimate of drug-likeness (QED) is 0.624. The van der Waals surface area contributed by atoms with Crippen LogP contribution in [-0.2, 0) is 19.1 Å². The Balaban J connectivity index is 1.91. The number of hydrogen-bond acceptors (Lipinski definition) is 6. The van der Waals surface area contributed by atoms with E-state index < -0.39 is 11.6 Å². The average molecular weight is 461 g/mol. The van der Waals surface area contributed by atoms with Gasteiger partial charge in [-0.1, -0.05) is 12.1 Å². The summed E-state index contributed by atoms with van der Waals surface area (Å²) >= 11 is 0. The number of allylic oxidation sites excluding steroid dienone is 2. The predicted octanol–water partition coefficient (Wildman–Crippen LogP) is 4.11. The van der Waals surface area contributed by atoms with Gasteiger partial charge >= 0.3 is 0 Å². The van der Waals surface area contributed by atoms with Crippen molar-refractivity contribution in [2.75, 3.05) is 27.3 Å². The molecule has 2 aromatic rings. The molecule has 1 aromatic heterocycles. The average Bonchev–Trinajstić information content (AvgIpc) is 2.87. The van der Waals surface area contributed by atoms with E-state index in [4.69, 9.17) is 9.47 Å². The number of methoxy groups -OCH3 is 2. The number of amides is 1. The number of hydrogen-bond donors (Lipinski definition) is 0. The van der Waals surface area contributed by atoms with Crippen LogP contribution >= 0.6 is 0 Å². The molecule has 1 fully saturated rings. The Hall–Kier alpha value is -3.74. The van der Waals surface area contributed by atoms with Gasteiger partial charge in [0.1, 0.15) is 0 Å². The van der Waals surface area contributed by atoms with Crippen LogP contribution in [0.2, 0.25) is 0 Å². The number of Topliss-reactive ketones (excluding diaryl/α,β-unsaturated/α-hetero) is 2. The van der Waals surface area contributed by atoms with Crippen LogP contribution in [0.3, 0.4) is 0 Å². The summed E-state index contributed by atoms with van der Waals surface area (Å²) in [6.45, 7) is 4.93. The van der Waals surface area contributed by atoms with Crippen LogP contribution < -0.4 is 0 Å². The molecule has 7 nitrogen and oxygen atoms in total. The zero-order chi connectivity index (χ0) is 24.4. The molecule has 2 aliphatic rings. The molecule has 1 aliphatic carbocycles. The van der Waals surface area contributed by atoms with Crippen molar-refractivity contribution in [3.05, 3.63) is 70.4 Å². The Kier molecular flexibility index (Phi) is 6.63. The number of carbonyl (C=O) groups is 3. The number of aromatic nitrogens is 1. The topological polar surface area (TPSA) is 85.8 Å². The van der Waals surface area contributed by atoms with Gasteiger partial charge in [-0.3, -0.25) is 19.4 Å². The van der Waals surface area contributed by atoms with Gasteiger partial charge in [0.2, 0.25) is 23.1 Å². The lowest BCUT2D eigenvalue weighted by Crippen LogP contribution is -2.36. The lowest BCUT2D eigenvalue weighted by molar-refractivity contribution is -0.119. The predicted molar refractivity (Wildman–Crippen MR) is 128 cm³/mol. The van der Waals surface area contributed by atoms with Crippen molar-refractivity contribution >= 4 is 23.0 Å². The van der Waals surface area contributed by atoms with Crippen molar-refractivity contribution in [3.8, 4) is 11.1 Å². The van der Waals surface area contributed by atoms with Gasteiger partial charge in [-0.2, -0.15) is 0 Å². The highest BCUT2D eigenvalue weighted by Crippen LogP contribution is 2.38. The van der Waals surface area contributed by atoms with E-state index in [0.29, 0.717) is 16.7 Å². The lowest BCUT2D eigenvalue weighted by Gasteiger charge is -2.28. The van der Waals surface area contributed by atoms with Gasteiger partial charge in [-0.15, -0.1) is 0 Å². The van der Waals surface area contributed by atoms with Crippen LogP contribution in [0.25, 0.3) is 16.7 Å². The maximum Gasteiger partial charge on any atom is 0.254 e. The molecule has 4 rings (SSSR count). The molecule has 34 heavy (non-hydrogen) atoms. The second kappa shape index (κ2) is 9.63. The van der Waals surface area contributed by atoms with Gasteiger partial charge in [0.05, 0.1) is 14.2 Å². The summed E-state index contributed by atoms with van der Waals surface area (Å²) < 4.78 is 10.4. The highest BCUT2D eigenvalue weighted by Gasteiger charge is 2.36. The number of ketones is 2. The fourth-order valence-electron chi connectivity index (χ4n) is 4.78. The van der Waals surface area contributed by atoms with Crippen LogP contribution in [0.15, 0.2) is 53.8 Å². The maximum absolute atomic E-state index is 13.5. The van der Waals surface area contributed by atoms with Crippen molar-refractivity contribution in [1.82, 2.24) is 9.88 Å². The summed E-state index contributed by atoms with van der Waals surface area (Å²) in [5.41, 5.74) is 3.87. The van der Waals surface area contributed by atoms with Crippen LogP contribution in [0.1, 0.15) is 47.7 Å². The molecule has 1 saturated heterocycles. The SMILES string of the molecule is COC1=C(OC)C(=O)C(c2ccc(C(=O)N3CCCCC3)c(-c3cccnc3)c2C)=C(C)C1=O. The van der Waals surface area contributed by atoms with E-state index in [-0.39, 0.29) is 28.6 Å². The zero-order valence-electron chi connectivity index (χ0n) is 19.9. The number of piperidine rings is 1. The van der Waals surface area contributed by atoms with E-state index in [0.717, 1.165) is 43.5 Å². The summed E-state index contributed by atoms with van der Waals surface area (Å²) in [4.78, 5) is 46.0. The Bertz CT molecular complexity index is 1220. The lowest BCUT2D eigenvalue weighted by atomic mass is 9.82. The van der Waals surface area contributed by atoms with Crippen molar-refractivity contribution < 1.29 is 23.9 Å². The normalized spacial score (nSPS) is 16.8. The molecule has 0 spiro atoms. The standard InChI is InChI=1S/C27H28N2O5/c1-16-19(22-17(2)23(30)25(33-3)26(34-4)24(22)31)10-11-20(21(16)18-9-8-12-28-15-18)27(32)29-13-6-5-7-14-29/h8-12,15H,5-7,13-14H2,1-4H3. The summed E-state index contributed by atoms with van der Waals surface area (Å²) in [6.07, 6.45) is 6.48. The third-order valence-corrected chi connectivity index (χ3v) is 6.53. The van der Waals surface area contributed by atoms with Gasteiger partial charge in [0.25, 0.3) is 5.91 Å². The van der Waals surface area contributed by atoms with Crippen molar-refractivity contribution in [2.45, 2.75) is 33.1 Å². The van der Waals surface area contributed by atoms with E-state index >= 15 is 0 Å². The summed E-state index contributed by atoms with van der Waals surface area (Å²) in [5.74, 6) is -1.08. The minimum absolute atomic E-state index is 0.0379. The van der Waals surface area contributed by atoms with Crippen LogP contribution in [0.5, 0.6) is 0 Å². The summed E-state index contributed by atoms with van der Waals surface area (Å²) in [7, 11) is 2.68. The van der Waals surface area contributed by atoms with E-state index in [1.807, 2.05) is 24.0 Å².